The fourth-order valence-electron chi connectivity index (χ4n) is 2.68. The smallest absolute Gasteiger partial charge is 0.272 e. The minimum Gasteiger partial charge on any atom is -0.351 e. The third-order valence-electron chi connectivity index (χ3n) is 4.00. The van der Waals surface area contributed by atoms with Crippen molar-refractivity contribution in [2.75, 3.05) is 6.54 Å². The lowest BCUT2D eigenvalue weighted by molar-refractivity contribution is -0.385. The summed E-state index contributed by atoms with van der Waals surface area (Å²) < 4.78 is 0. The number of rotatable bonds is 6. The van der Waals surface area contributed by atoms with Crippen molar-refractivity contribution in [2.45, 2.75) is 45.2 Å². The Hall–Kier alpha value is -1.95. The van der Waals surface area contributed by atoms with Gasteiger partial charge in [0.15, 0.2) is 0 Å². The zero-order valence-electron chi connectivity index (χ0n) is 12.2. The second kappa shape index (κ2) is 7.17. The minimum atomic E-state index is -0.400. The number of nitrogens with zero attached hydrogens (tertiary/aromatic N) is 1. The Morgan fingerprint density at radius 2 is 2.10 bits per heavy atom. The molecule has 2 rings (SSSR count). The van der Waals surface area contributed by atoms with E-state index in [1.54, 1.807) is 19.1 Å². The van der Waals surface area contributed by atoms with Gasteiger partial charge >= 0.3 is 0 Å². The van der Waals surface area contributed by atoms with Gasteiger partial charge in [-0.25, -0.2) is 0 Å². The predicted octanol–water partition coefficient (Wildman–Crippen LogP) is 2.05. The van der Waals surface area contributed by atoms with E-state index in [0.29, 0.717) is 24.7 Å². The molecule has 0 aromatic heterocycles. The zero-order chi connectivity index (χ0) is 15.2. The highest BCUT2D eigenvalue weighted by Crippen LogP contribution is 2.20. The fourth-order valence-corrected chi connectivity index (χ4v) is 2.68. The molecule has 1 fully saturated rings. The number of hydrogen-bond donors (Lipinski definition) is 2. The second-order valence-electron chi connectivity index (χ2n) is 5.46. The Balaban J connectivity index is 1.83. The molecule has 1 amide bonds. The Labute approximate surface area is 124 Å². The predicted molar refractivity (Wildman–Crippen MR) is 79.9 cm³/mol. The van der Waals surface area contributed by atoms with Gasteiger partial charge in [-0.05, 0) is 25.3 Å². The summed E-state index contributed by atoms with van der Waals surface area (Å²) in [6.45, 7) is 2.33. The van der Waals surface area contributed by atoms with Crippen molar-refractivity contribution >= 4 is 11.6 Å². The molecular formula is C15H21N3O3. The highest BCUT2D eigenvalue weighted by atomic mass is 16.6. The minimum absolute atomic E-state index is 0.0761. The van der Waals surface area contributed by atoms with Gasteiger partial charge in [-0.2, -0.15) is 0 Å². The van der Waals surface area contributed by atoms with E-state index in [1.807, 2.05) is 0 Å². The first-order chi connectivity index (χ1) is 10.1. The van der Waals surface area contributed by atoms with Gasteiger partial charge in [-0.15, -0.1) is 0 Å². The van der Waals surface area contributed by atoms with Crippen LogP contribution >= 0.6 is 0 Å². The lowest BCUT2D eigenvalue weighted by Crippen LogP contribution is -2.37. The third-order valence-corrected chi connectivity index (χ3v) is 4.00. The first kappa shape index (κ1) is 15.4. The number of carbonyl (C=O) groups is 1. The molecule has 0 unspecified atom stereocenters. The lowest BCUT2D eigenvalue weighted by Gasteiger charge is -2.12. The number of nitrogens with one attached hydrogen (secondary N) is 2. The molecule has 0 saturated heterocycles. The van der Waals surface area contributed by atoms with Crippen LogP contribution in [0.4, 0.5) is 5.69 Å². The summed E-state index contributed by atoms with van der Waals surface area (Å²) in [6.07, 6.45) is 4.73. The van der Waals surface area contributed by atoms with Crippen LogP contribution in [0.5, 0.6) is 0 Å². The summed E-state index contributed by atoms with van der Waals surface area (Å²) in [5.74, 6) is -0.0761. The maximum Gasteiger partial charge on any atom is 0.272 e. The van der Waals surface area contributed by atoms with Crippen LogP contribution in [-0.2, 0) is 11.3 Å². The molecule has 0 spiro atoms. The summed E-state index contributed by atoms with van der Waals surface area (Å²) in [4.78, 5) is 22.3. The normalized spacial score (nSPS) is 15.1. The maximum absolute atomic E-state index is 11.8. The number of carbonyl (C=O) groups excluding carboxylic acids is 1. The van der Waals surface area contributed by atoms with Crippen LogP contribution < -0.4 is 10.6 Å². The lowest BCUT2D eigenvalue weighted by atomic mass is 10.1. The summed E-state index contributed by atoms with van der Waals surface area (Å²) in [7, 11) is 0. The van der Waals surface area contributed by atoms with E-state index in [0.717, 1.165) is 18.4 Å². The maximum atomic E-state index is 11.8. The van der Waals surface area contributed by atoms with Crippen molar-refractivity contribution < 1.29 is 9.72 Å². The average Bonchev–Trinajstić information content (AvgIpc) is 2.97. The fraction of sp³-hybridized carbons (Fsp3) is 0.533. The number of hydrogen-bond acceptors (Lipinski definition) is 4. The van der Waals surface area contributed by atoms with Crippen molar-refractivity contribution in [1.82, 2.24) is 10.6 Å². The van der Waals surface area contributed by atoms with Crippen molar-refractivity contribution in [3.8, 4) is 0 Å². The second-order valence-corrected chi connectivity index (χ2v) is 5.46. The monoisotopic (exact) mass is 291 g/mol. The van der Waals surface area contributed by atoms with Crippen molar-refractivity contribution in [3.63, 3.8) is 0 Å². The van der Waals surface area contributed by atoms with Crippen LogP contribution in [0.25, 0.3) is 0 Å². The molecule has 0 bridgehead atoms. The van der Waals surface area contributed by atoms with Crippen LogP contribution in [0.2, 0.25) is 0 Å². The highest BCUT2D eigenvalue weighted by Gasteiger charge is 2.16. The Morgan fingerprint density at radius 3 is 2.76 bits per heavy atom. The van der Waals surface area contributed by atoms with Gasteiger partial charge < -0.3 is 10.6 Å². The Kier molecular flexibility index (Phi) is 5.27. The van der Waals surface area contributed by atoms with E-state index < -0.39 is 4.92 Å². The van der Waals surface area contributed by atoms with Gasteiger partial charge in [0.1, 0.15) is 0 Å². The van der Waals surface area contributed by atoms with Crippen molar-refractivity contribution in [3.05, 3.63) is 39.4 Å². The molecule has 1 aromatic carbocycles. The van der Waals surface area contributed by atoms with E-state index in [-0.39, 0.29) is 11.6 Å². The van der Waals surface area contributed by atoms with Crippen LogP contribution in [0, 0.1) is 17.0 Å². The van der Waals surface area contributed by atoms with E-state index in [2.05, 4.69) is 10.6 Å². The molecule has 2 N–H and O–H groups in total. The molecule has 0 atom stereocenters. The quantitative estimate of drug-likeness (QED) is 0.620. The van der Waals surface area contributed by atoms with Gasteiger partial charge in [0.25, 0.3) is 5.69 Å². The first-order valence-corrected chi connectivity index (χ1v) is 7.31. The topological polar surface area (TPSA) is 84.3 Å². The van der Waals surface area contributed by atoms with Crippen molar-refractivity contribution in [2.24, 2.45) is 0 Å². The first-order valence-electron chi connectivity index (χ1n) is 7.31. The summed E-state index contributed by atoms with van der Waals surface area (Å²) in [6, 6.07) is 5.37. The molecule has 6 nitrogen and oxygen atoms in total. The number of nitro groups is 1. The SMILES string of the molecule is Cc1c(CNC(=O)CNC2CCCC2)cccc1[N+](=O)[O-]. The molecule has 6 heteroatoms. The van der Waals surface area contributed by atoms with Crippen LogP contribution in [0.1, 0.15) is 36.8 Å². The van der Waals surface area contributed by atoms with E-state index >= 15 is 0 Å². The number of amides is 1. The summed E-state index contributed by atoms with van der Waals surface area (Å²) in [5.41, 5.74) is 1.47. The number of nitro benzene ring substituents is 1. The largest absolute Gasteiger partial charge is 0.351 e. The molecule has 1 aliphatic rings. The van der Waals surface area contributed by atoms with Gasteiger partial charge in [-0.1, -0.05) is 25.0 Å². The molecule has 1 aromatic rings. The molecule has 0 aliphatic heterocycles. The molecule has 114 valence electrons. The molecule has 0 radical (unpaired) electrons. The third kappa shape index (κ3) is 4.26. The van der Waals surface area contributed by atoms with Crippen LogP contribution in [0.3, 0.4) is 0 Å². The van der Waals surface area contributed by atoms with E-state index in [9.17, 15) is 14.9 Å². The molecule has 1 saturated carbocycles. The average molecular weight is 291 g/mol. The van der Waals surface area contributed by atoms with Crippen LogP contribution in [-0.4, -0.2) is 23.4 Å². The Morgan fingerprint density at radius 1 is 1.38 bits per heavy atom. The van der Waals surface area contributed by atoms with Gasteiger partial charge in [0.05, 0.1) is 11.5 Å². The van der Waals surface area contributed by atoms with Gasteiger partial charge in [0, 0.05) is 24.2 Å². The standard InChI is InChI=1S/C15H21N3O3/c1-11-12(5-4-8-14(11)18(20)21)9-17-15(19)10-16-13-6-2-3-7-13/h4-5,8,13,16H,2-3,6-7,9-10H2,1H3,(H,17,19). The highest BCUT2D eigenvalue weighted by molar-refractivity contribution is 5.78. The van der Waals surface area contributed by atoms with Gasteiger partial charge in [0.2, 0.25) is 5.91 Å². The zero-order valence-corrected chi connectivity index (χ0v) is 12.2. The summed E-state index contributed by atoms with van der Waals surface area (Å²) >= 11 is 0. The molecule has 0 heterocycles. The van der Waals surface area contributed by atoms with Gasteiger partial charge in [-0.3, -0.25) is 14.9 Å². The van der Waals surface area contributed by atoms with E-state index in [1.165, 1.54) is 18.9 Å². The van der Waals surface area contributed by atoms with E-state index in [4.69, 9.17) is 0 Å². The summed E-state index contributed by atoms with van der Waals surface area (Å²) in [5, 5.41) is 16.9. The van der Waals surface area contributed by atoms with Crippen molar-refractivity contribution in [1.29, 1.82) is 0 Å². The van der Waals surface area contributed by atoms with Crippen LogP contribution in [0.15, 0.2) is 18.2 Å². The molecular weight excluding hydrogens is 270 g/mol. The molecule has 1 aliphatic carbocycles. The number of benzene rings is 1. The Bertz CT molecular complexity index is 525. The molecule has 21 heavy (non-hydrogen) atoms.